The van der Waals surface area contributed by atoms with Crippen LogP contribution in [0.15, 0.2) is 17.5 Å². The predicted molar refractivity (Wildman–Crippen MR) is 46.7 cm³/mol. The third-order valence-electron chi connectivity index (χ3n) is 1.29. The molecule has 0 amide bonds. The van der Waals surface area contributed by atoms with E-state index in [9.17, 15) is 4.79 Å². The predicted octanol–water partition coefficient (Wildman–Crippen LogP) is 2.34. The fourth-order valence-corrected chi connectivity index (χ4v) is 1.44. The average Bonchev–Trinajstić information content (AvgIpc) is 2.52. The molecule has 0 radical (unpaired) electrons. The molecule has 2 heteroatoms. The van der Waals surface area contributed by atoms with E-state index in [1.54, 1.807) is 0 Å². The molecule has 0 aliphatic rings. The van der Waals surface area contributed by atoms with Gasteiger partial charge in [0, 0.05) is 12.8 Å². The molecule has 0 N–H and O–H groups in total. The molecule has 56 valence electrons. The van der Waals surface area contributed by atoms with Crippen LogP contribution < -0.4 is 0 Å². The van der Waals surface area contributed by atoms with Crippen molar-refractivity contribution >= 4 is 17.1 Å². The van der Waals surface area contributed by atoms with Crippen LogP contribution >= 0.6 is 11.3 Å². The largest absolute Gasteiger partial charge is 0.293 e. The standard InChI is InChI=1S/C9H8OS/c1-2-3-5-8(10)9-6-4-7-11-9/h1,4,6-7H,3,5H2. The van der Waals surface area contributed by atoms with E-state index in [0.29, 0.717) is 12.8 Å². The summed E-state index contributed by atoms with van der Waals surface area (Å²) in [5, 5.41) is 1.89. The second-order valence-corrected chi connectivity index (χ2v) is 3.05. The number of thiophene rings is 1. The van der Waals surface area contributed by atoms with Crippen molar-refractivity contribution in [3.05, 3.63) is 22.4 Å². The van der Waals surface area contributed by atoms with Crippen LogP contribution in [0.2, 0.25) is 0 Å². The van der Waals surface area contributed by atoms with Crippen molar-refractivity contribution in [3.8, 4) is 12.3 Å². The number of Topliss-reactive ketones (excluding diaryl/α,β-unsaturated/α-hetero) is 1. The van der Waals surface area contributed by atoms with Crippen LogP contribution in [-0.4, -0.2) is 5.78 Å². The van der Waals surface area contributed by atoms with E-state index in [4.69, 9.17) is 6.42 Å². The van der Waals surface area contributed by atoms with Crippen molar-refractivity contribution in [2.75, 3.05) is 0 Å². The molecule has 0 aliphatic heterocycles. The zero-order chi connectivity index (χ0) is 8.10. The third kappa shape index (κ3) is 2.21. The summed E-state index contributed by atoms with van der Waals surface area (Å²) in [5.74, 6) is 2.60. The molecule has 0 aromatic carbocycles. The lowest BCUT2D eigenvalue weighted by atomic mass is 10.2. The van der Waals surface area contributed by atoms with Gasteiger partial charge < -0.3 is 0 Å². The van der Waals surface area contributed by atoms with Gasteiger partial charge in [0.15, 0.2) is 5.78 Å². The molecule has 0 spiro atoms. The molecule has 0 bridgehead atoms. The molecule has 0 saturated heterocycles. The van der Waals surface area contributed by atoms with Crippen molar-refractivity contribution in [3.63, 3.8) is 0 Å². The summed E-state index contributed by atoms with van der Waals surface area (Å²) in [4.78, 5) is 12.0. The summed E-state index contributed by atoms with van der Waals surface area (Å²) in [6.07, 6.45) is 6.04. The minimum Gasteiger partial charge on any atom is -0.293 e. The van der Waals surface area contributed by atoms with E-state index in [0.717, 1.165) is 4.88 Å². The molecular formula is C9H8OS. The molecule has 1 nitrogen and oxygen atoms in total. The number of carbonyl (C=O) groups excluding carboxylic acids is 1. The number of rotatable bonds is 3. The first-order chi connectivity index (χ1) is 5.34. The van der Waals surface area contributed by atoms with Crippen molar-refractivity contribution in [1.29, 1.82) is 0 Å². The Bertz CT molecular complexity index is 266. The van der Waals surface area contributed by atoms with Crippen LogP contribution in [0.1, 0.15) is 22.5 Å². The summed E-state index contributed by atoms with van der Waals surface area (Å²) >= 11 is 1.46. The second kappa shape index (κ2) is 3.95. The zero-order valence-corrected chi connectivity index (χ0v) is 6.86. The first kappa shape index (κ1) is 8.03. The molecular weight excluding hydrogens is 156 g/mol. The highest BCUT2D eigenvalue weighted by Crippen LogP contribution is 2.11. The lowest BCUT2D eigenvalue weighted by Crippen LogP contribution is -1.93. The lowest BCUT2D eigenvalue weighted by molar-refractivity contribution is 0.0988. The Morgan fingerprint density at radius 1 is 1.73 bits per heavy atom. The van der Waals surface area contributed by atoms with Crippen molar-refractivity contribution in [2.24, 2.45) is 0 Å². The molecule has 0 aliphatic carbocycles. The Balaban J connectivity index is 2.51. The Kier molecular flexibility index (Phi) is 2.88. The molecule has 0 saturated carbocycles. The van der Waals surface area contributed by atoms with Gasteiger partial charge in [-0.25, -0.2) is 0 Å². The minimum atomic E-state index is 0.151. The van der Waals surface area contributed by atoms with Gasteiger partial charge in [-0.3, -0.25) is 4.79 Å². The fourth-order valence-electron chi connectivity index (χ4n) is 0.746. The molecule has 11 heavy (non-hydrogen) atoms. The minimum absolute atomic E-state index is 0.151. The molecule has 0 fully saturated rings. The summed E-state index contributed by atoms with van der Waals surface area (Å²) in [6, 6.07) is 3.69. The summed E-state index contributed by atoms with van der Waals surface area (Å²) in [7, 11) is 0. The van der Waals surface area contributed by atoms with Crippen LogP contribution in [0.3, 0.4) is 0 Å². The van der Waals surface area contributed by atoms with Gasteiger partial charge in [-0.05, 0) is 11.4 Å². The van der Waals surface area contributed by atoms with E-state index in [-0.39, 0.29) is 5.78 Å². The van der Waals surface area contributed by atoms with Gasteiger partial charge in [0.25, 0.3) is 0 Å². The Morgan fingerprint density at radius 3 is 3.09 bits per heavy atom. The Morgan fingerprint density at radius 2 is 2.55 bits per heavy atom. The maximum absolute atomic E-state index is 11.2. The number of carbonyl (C=O) groups is 1. The first-order valence-corrected chi connectivity index (χ1v) is 4.22. The van der Waals surface area contributed by atoms with Gasteiger partial charge in [0.05, 0.1) is 4.88 Å². The van der Waals surface area contributed by atoms with E-state index in [2.05, 4.69) is 5.92 Å². The van der Waals surface area contributed by atoms with Crippen molar-refractivity contribution < 1.29 is 4.79 Å². The number of terminal acetylenes is 1. The van der Waals surface area contributed by atoms with E-state index < -0.39 is 0 Å². The van der Waals surface area contributed by atoms with Crippen LogP contribution in [0.4, 0.5) is 0 Å². The van der Waals surface area contributed by atoms with E-state index in [1.807, 2.05) is 17.5 Å². The SMILES string of the molecule is C#CCCC(=O)c1cccs1. The van der Waals surface area contributed by atoms with Gasteiger partial charge in [-0.2, -0.15) is 0 Å². The molecule has 1 aromatic rings. The number of hydrogen-bond acceptors (Lipinski definition) is 2. The Labute approximate surface area is 70.1 Å². The first-order valence-electron chi connectivity index (χ1n) is 3.35. The molecule has 1 rings (SSSR count). The fraction of sp³-hybridized carbons (Fsp3) is 0.222. The van der Waals surface area contributed by atoms with Gasteiger partial charge in [0.1, 0.15) is 0 Å². The normalized spacial score (nSPS) is 9.00. The van der Waals surface area contributed by atoms with E-state index >= 15 is 0 Å². The summed E-state index contributed by atoms with van der Waals surface area (Å²) < 4.78 is 0. The van der Waals surface area contributed by atoms with Gasteiger partial charge >= 0.3 is 0 Å². The maximum atomic E-state index is 11.2. The lowest BCUT2D eigenvalue weighted by Gasteiger charge is -1.90. The van der Waals surface area contributed by atoms with Gasteiger partial charge in [-0.15, -0.1) is 23.7 Å². The summed E-state index contributed by atoms with van der Waals surface area (Å²) in [6.45, 7) is 0. The van der Waals surface area contributed by atoms with Gasteiger partial charge in [0.2, 0.25) is 0 Å². The van der Waals surface area contributed by atoms with Crippen LogP contribution in [-0.2, 0) is 0 Å². The topological polar surface area (TPSA) is 17.1 Å². The highest BCUT2D eigenvalue weighted by molar-refractivity contribution is 7.12. The molecule has 1 heterocycles. The monoisotopic (exact) mass is 164 g/mol. The maximum Gasteiger partial charge on any atom is 0.173 e. The second-order valence-electron chi connectivity index (χ2n) is 2.10. The highest BCUT2D eigenvalue weighted by atomic mass is 32.1. The Hall–Kier alpha value is -1.07. The van der Waals surface area contributed by atoms with E-state index in [1.165, 1.54) is 11.3 Å². The summed E-state index contributed by atoms with van der Waals surface area (Å²) in [5.41, 5.74) is 0. The number of ketones is 1. The molecule has 0 atom stereocenters. The van der Waals surface area contributed by atoms with Gasteiger partial charge in [-0.1, -0.05) is 6.07 Å². The van der Waals surface area contributed by atoms with Crippen molar-refractivity contribution in [1.82, 2.24) is 0 Å². The van der Waals surface area contributed by atoms with Crippen molar-refractivity contribution in [2.45, 2.75) is 12.8 Å². The van der Waals surface area contributed by atoms with Crippen LogP contribution in [0.5, 0.6) is 0 Å². The average molecular weight is 164 g/mol. The third-order valence-corrected chi connectivity index (χ3v) is 2.20. The van der Waals surface area contributed by atoms with Crippen LogP contribution in [0, 0.1) is 12.3 Å². The zero-order valence-electron chi connectivity index (χ0n) is 6.04. The molecule has 1 aromatic heterocycles. The quantitative estimate of drug-likeness (QED) is 0.495. The smallest absolute Gasteiger partial charge is 0.173 e. The number of hydrogen-bond donors (Lipinski definition) is 0. The highest BCUT2D eigenvalue weighted by Gasteiger charge is 2.03. The molecule has 0 unspecified atom stereocenters. The van der Waals surface area contributed by atoms with Crippen LogP contribution in [0.25, 0.3) is 0 Å².